The number of likely N-dealkylation sites (N-methyl/N-ethyl adjacent to an activating group) is 1. The molecule has 1 aromatic heterocycles. The Morgan fingerprint density at radius 2 is 1.82 bits per heavy atom. The first-order chi connectivity index (χ1) is 13.2. The Balaban J connectivity index is 2.17. The maximum absolute atomic E-state index is 12.8. The minimum Gasteiger partial charge on any atom is -0.355 e. The molecule has 0 atom stereocenters. The lowest BCUT2D eigenvalue weighted by atomic mass is 10.1. The summed E-state index contributed by atoms with van der Waals surface area (Å²) >= 11 is 0. The molecule has 0 aliphatic rings. The fourth-order valence-electron chi connectivity index (χ4n) is 2.26. The lowest BCUT2D eigenvalue weighted by molar-refractivity contribution is -0.137. The second-order valence-corrected chi connectivity index (χ2v) is 5.67. The fraction of sp³-hybridized carbons (Fsp3) is 0.158. The molecule has 9 heteroatoms. The highest BCUT2D eigenvalue weighted by Gasteiger charge is 2.30. The lowest BCUT2D eigenvalue weighted by Gasteiger charge is -2.11. The van der Waals surface area contributed by atoms with Crippen LogP contribution < -0.4 is 10.6 Å². The summed E-state index contributed by atoms with van der Waals surface area (Å²) in [5.41, 5.74) is -0.585. The van der Waals surface area contributed by atoms with Crippen molar-refractivity contribution in [2.24, 2.45) is 0 Å². The number of amides is 2. The van der Waals surface area contributed by atoms with Crippen LogP contribution in [0.25, 0.3) is 0 Å². The highest BCUT2D eigenvalue weighted by molar-refractivity contribution is 6.23. The van der Waals surface area contributed by atoms with Gasteiger partial charge in [-0.05, 0) is 35.9 Å². The second kappa shape index (κ2) is 8.94. The molecule has 2 aromatic rings. The number of rotatable bonds is 6. The van der Waals surface area contributed by atoms with Crippen LogP contribution in [0.15, 0.2) is 60.4 Å². The lowest BCUT2D eigenvalue weighted by Crippen LogP contribution is -2.33. The minimum absolute atomic E-state index is 0.0878. The van der Waals surface area contributed by atoms with E-state index in [4.69, 9.17) is 5.41 Å². The summed E-state index contributed by atoms with van der Waals surface area (Å²) in [4.78, 5) is 28.2. The molecule has 1 aromatic carbocycles. The van der Waals surface area contributed by atoms with Gasteiger partial charge in [0.2, 0.25) is 0 Å². The first-order valence-corrected chi connectivity index (χ1v) is 8.09. The van der Waals surface area contributed by atoms with Crippen LogP contribution in [0.5, 0.6) is 0 Å². The van der Waals surface area contributed by atoms with Gasteiger partial charge in [-0.3, -0.25) is 14.6 Å². The molecule has 28 heavy (non-hydrogen) atoms. The van der Waals surface area contributed by atoms with Gasteiger partial charge in [0.05, 0.1) is 11.3 Å². The monoisotopic (exact) mass is 390 g/mol. The van der Waals surface area contributed by atoms with E-state index < -0.39 is 23.6 Å². The zero-order valence-electron chi connectivity index (χ0n) is 14.8. The Kier molecular flexibility index (Phi) is 6.64. The van der Waals surface area contributed by atoms with Crippen molar-refractivity contribution in [1.82, 2.24) is 15.6 Å². The number of benzene rings is 1. The number of aromatic nitrogens is 1. The van der Waals surface area contributed by atoms with Crippen molar-refractivity contribution in [2.45, 2.75) is 12.7 Å². The van der Waals surface area contributed by atoms with Crippen molar-refractivity contribution in [1.29, 1.82) is 5.41 Å². The third-order valence-corrected chi connectivity index (χ3v) is 3.70. The van der Waals surface area contributed by atoms with E-state index in [1.165, 1.54) is 31.6 Å². The minimum atomic E-state index is -4.49. The number of nitrogens with one attached hydrogen (secondary N) is 3. The average molecular weight is 390 g/mol. The zero-order valence-corrected chi connectivity index (χ0v) is 14.8. The van der Waals surface area contributed by atoms with Crippen LogP contribution in [0.4, 0.5) is 13.2 Å². The molecular formula is C19H17F3N4O2. The first-order valence-electron chi connectivity index (χ1n) is 8.09. The molecule has 2 amide bonds. The van der Waals surface area contributed by atoms with Crippen molar-refractivity contribution in [2.75, 3.05) is 7.05 Å². The van der Waals surface area contributed by atoms with E-state index in [-0.39, 0.29) is 23.4 Å². The predicted molar refractivity (Wildman–Crippen MR) is 96.5 cm³/mol. The molecule has 2 rings (SSSR count). The van der Waals surface area contributed by atoms with Gasteiger partial charge in [0, 0.05) is 31.5 Å². The van der Waals surface area contributed by atoms with Crippen LogP contribution in [-0.4, -0.2) is 29.6 Å². The number of nitrogens with zero attached hydrogens (tertiary/aromatic N) is 1. The van der Waals surface area contributed by atoms with Gasteiger partial charge in [0.25, 0.3) is 11.8 Å². The maximum atomic E-state index is 12.8. The van der Waals surface area contributed by atoms with Crippen molar-refractivity contribution >= 4 is 17.5 Å². The molecule has 0 spiro atoms. The summed E-state index contributed by atoms with van der Waals surface area (Å²) in [7, 11) is 1.33. The van der Waals surface area contributed by atoms with E-state index >= 15 is 0 Å². The molecular weight excluding hydrogens is 373 g/mol. The van der Waals surface area contributed by atoms with Crippen LogP contribution in [0.1, 0.15) is 16.7 Å². The topological polar surface area (TPSA) is 94.9 Å². The van der Waals surface area contributed by atoms with E-state index in [2.05, 4.69) is 15.6 Å². The molecule has 0 saturated heterocycles. The second-order valence-electron chi connectivity index (χ2n) is 5.67. The summed E-state index contributed by atoms with van der Waals surface area (Å²) in [6.07, 6.45) is -0.474. The number of allylic oxidation sites excluding steroid dienone is 1. The molecule has 3 N–H and O–H groups in total. The highest BCUT2D eigenvalue weighted by atomic mass is 19.4. The van der Waals surface area contributed by atoms with Crippen LogP contribution >= 0.6 is 0 Å². The highest BCUT2D eigenvalue weighted by Crippen LogP contribution is 2.29. The molecule has 1 heterocycles. The Morgan fingerprint density at radius 1 is 1.14 bits per heavy atom. The molecule has 0 radical (unpaired) electrons. The number of hydrogen-bond acceptors (Lipinski definition) is 4. The SMILES string of the molecule is CNC(=O)/C(=C\C(=N)c1ccncc1)C(=O)NCc1cccc(C(F)(F)F)c1. The zero-order chi connectivity index (χ0) is 20.7. The van der Waals surface area contributed by atoms with E-state index in [9.17, 15) is 22.8 Å². The summed E-state index contributed by atoms with van der Waals surface area (Å²) in [5.74, 6) is -1.53. The Hall–Kier alpha value is -3.49. The van der Waals surface area contributed by atoms with Gasteiger partial charge >= 0.3 is 6.18 Å². The van der Waals surface area contributed by atoms with E-state index in [0.717, 1.165) is 18.2 Å². The number of carbonyl (C=O) groups excluding carboxylic acids is 2. The smallest absolute Gasteiger partial charge is 0.355 e. The Morgan fingerprint density at radius 3 is 2.43 bits per heavy atom. The summed E-state index contributed by atoms with van der Waals surface area (Å²) in [5, 5.41) is 12.7. The maximum Gasteiger partial charge on any atom is 0.416 e. The standard InChI is InChI=1S/C19H17F3N4O2/c1-24-17(27)15(10-16(23)13-5-7-25-8-6-13)18(28)26-11-12-3-2-4-14(9-12)19(20,21)22/h2-10,23H,11H2,1H3,(H,24,27)(H,26,28)/b15-10+,23-16?. The van der Waals surface area contributed by atoms with Gasteiger partial charge in [0.15, 0.2) is 0 Å². The molecule has 0 unspecified atom stereocenters. The summed E-state index contributed by atoms with van der Waals surface area (Å²) in [6, 6.07) is 7.60. The van der Waals surface area contributed by atoms with Gasteiger partial charge < -0.3 is 16.0 Å². The van der Waals surface area contributed by atoms with Crippen LogP contribution in [0.2, 0.25) is 0 Å². The fourth-order valence-corrected chi connectivity index (χ4v) is 2.26. The van der Waals surface area contributed by atoms with Crippen molar-refractivity contribution in [3.8, 4) is 0 Å². The predicted octanol–water partition coefficient (Wildman–Crippen LogP) is 2.46. The van der Waals surface area contributed by atoms with Crippen LogP contribution in [0, 0.1) is 5.41 Å². The van der Waals surface area contributed by atoms with Crippen LogP contribution in [-0.2, 0) is 22.3 Å². The number of hydrogen-bond donors (Lipinski definition) is 3. The third-order valence-electron chi connectivity index (χ3n) is 3.70. The molecule has 0 aliphatic heterocycles. The largest absolute Gasteiger partial charge is 0.416 e. The average Bonchev–Trinajstić information content (AvgIpc) is 2.69. The molecule has 0 fully saturated rings. The molecule has 0 aliphatic carbocycles. The molecule has 0 saturated carbocycles. The van der Waals surface area contributed by atoms with Gasteiger partial charge in [-0.25, -0.2) is 0 Å². The number of carbonyl (C=O) groups is 2. The van der Waals surface area contributed by atoms with Crippen LogP contribution in [0.3, 0.4) is 0 Å². The van der Waals surface area contributed by atoms with Crippen molar-refractivity contribution in [3.63, 3.8) is 0 Å². The van der Waals surface area contributed by atoms with Gasteiger partial charge in [0.1, 0.15) is 5.57 Å². The van der Waals surface area contributed by atoms with Gasteiger partial charge in [-0.15, -0.1) is 0 Å². The van der Waals surface area contributed by atoms with E-state index in [0.29, 0.717) is 5.56 Å². The molecule has 146 valence electrons. The molecule has 0 bridgehead atoms. The summed E-state index contributed by atoms with van der Waals surface area (Å²) < 4.78 is 38.3. The van der Waals surface area contributed by atoms with E-state index in [1.54, 1.807) is 12.1 Å². The Bertz CT molecular complexity index is 909. The van der Waals surface area contributed by atoms with Gasteiger partial charge in [-0.2, -0.15) is 13.2 Å². The summed E-state index contributed by atoms with van der Waals surface area (Å²) in [6.45, 7) is -0.209. The molecule has 6 nitrogen and oxygen atoms in total. The normalized spacial score (nSPS) is 11.6. The number of alkyl halides is 3. The van der Waals surface area contributed by atoms with E-state index in [1.807, 2.05) is 0 Å². The quantitative estimate of drug-likeness (QED) is 0.306. The first kappa shape index (κ1) is 20.8. The van der Waals surface area contributed by atoms with Crippen molar-refractivity contribution in [3.05, 3.63) is 77.1 Å². The van der Waals surface area contributed by atoms with Gasteiger partial charge in [-0.1, -0.05) is 12.1 Å². The third kappa shape index (κ3) is 5.50. The number of halogens is 3. The Labute approximate surface area is 159 Å². The van der Waals surface area contributed by atoms with Crippen molar-refractivity contribution < 1.29 is 22.8 Å². The number of pyridine rings is 1.